The Bertz CT molecular complexity index is 426. The predicted octanol–water partition coefficient (Wildman–Crippen LogP) is 2.88. The summed E-state index contributed by atoms with van der Waals surface area (Å²) in [7, 11) is 3.14. The highest BCUT2D eigenvalue weighted by atomic mass is 16.5. The van der Waals surface area contributed by atoms with Gasteiger partial charge in [-0.05, 0) is 17.7 Å². The number of hydrogen-bond donors (Lipinski definition) is 0. The van der Waals surface area contributed by atoms with Crippen molar-refractivity contribution in [2.45, 2.75) is 19.4 Å². The van der Waals surface area contributed by atoms with Crippen molar-refractivity contribution in [3.8, 4) is 11.5 Å². The topological polar surface area (TPSA) is 44.8 Å². The third kappa shape index (κ3) is 3.52. The Morgan fingerprint density at radius 3 is 2.50 bits per heavy atom. The van der Waals surface area contributed by atoms with Crippen LogP contribution in [0.15, 0.2) is 30.9 Å². The highest BCUT2D eigenvalue weighted by Crippen LogP contribution is 2.32. The van der Waals surface area contributed by atoms with Crippen LogP contribution < -0.4 is 9.47 Å². The molecule has 0 aliphatic heterocycles. The zero-order valence-electron chi connectivity index (χ0n) is 10.9. The number of carbonyl (C=O) groups is 1. The van der Waals surface area contributed by atoms with Crippen LogP contribution >= 0.6 is 0 Å². The molecule has 0 spiro atoms. The van der Waals surface area contributed by atoms with Crippen molar-refractivity contribution in [3.63, 3.8) is 0 Å². The monoisotopic (exact) mass is 250 g/mol. The van der Waals surface area contributed by atoms with Gasteiger partial charge in [-0.15, -0.1) is 6.58 Å². The van der Waals surface area contributed by atoms with Gasteiger partial charge in [-0.25, -0.2) is 0 Å². The second-order valence-corrected chi connectivity index (χ2v) is 3.74. The zero-order valence-corrected chi connectivity index (χ0v) is 10.9. The second-order valence-electron chi connectivity index (χ2n) is 3.74. The van der Waals surface area contributed by atoms with Crippen molar-refractivity contribution >= 4 is 5.97 Å². The van der Waals surface area contributed by atoms with Gasteiger partial charge in [0.05, 0.1) is 14.2 Å². The molecule has 4 nitrogen and oxygen atoms in total. The summed E-state index contributed by atoms with van der Waals surface area (Å²) in [5.41, 5.74) is 0.850. The average molecular weight is 250 g/mol. The maximum Gasteiger partial charge on any atom is 0.303 e. The highest BCUT2D eigenvalue weighted by molar-refractivity contribution is 5.66. The van der Waals surface area contributed by atoms with Crippen LogP contribution in [0.2, 0.25) is 0 Å². The molecule has 0 saturated heterocycles. The summed E-state index contributed by atoms with van der Waals surface area (Å²) in [5.74, 6) is 0.925. The standard InChI is InChI=1S/C14H18O4/c1-5-6-12(18-10(2)15)11-7-8-13(16-3)14(9-11)17-4/h5,7-9,12H,1,6H2,2-4H3/t12-/m0/s1. The largest absolute Gasteiger partial charge is 0.493 e. The minimum atomic E-state index is -0.347. The first-order valence-corrected chi connectivity index (χ1v) is 5.62. The number of benzene rings is 1. The van der Waals surface area contributed by atoms with Crippen molar-refractivity contribution in [1.29, 1.82) is 0 Å². The van der Waals surface area contributed by atoms with Gasteiger partial charge in [0.25, 0.3) is 0 Å². The molecule has 0 unspecified atom stereocenters. The second kappa shape index (κ2) is 6.69. The van der Waals surface area contributed by atoms with Crippen molar-refractivity contribution in [2.75, 3.05) is 14.2 Å². The number of ether oxygens (including phenoxy) is 3. The molecule has 98 valence electrons. The van der Waals surface area contributed by atoms with Gasteiger partial charge >= 0.3 is 5.97 Å². The Kier molecular flexibility index (Phi) is 5.24. The lowest BCUT2D eigenvalue weighted by Gasteiger charge is -2.17. The lowest BCUT2D eigenvalue weighted by Crippen LogP contribution is -2.08. The summed E-state index contributed by atoms with van der Waals surface area (Å²) in [6, 6.07) is 5.43. The Morgan fingerprint density at radius 2 is 2.00 bits per heavy atom. The first-order valence-electron chi connectivity index (χ1n) is 5.62. The van der Waals surface area contributed by atoms with Gasteiger partial charge in [-0.1, -0.05) is 12.1 Å². The van der Waals surface area contributed by atoms with E-state index in [1.54, 1.807) is 32.4 Å². The molecule has 0 aliphatic rings. The van der Waals surface area contributed by atoms with E-state index in [4.69, 9.17) is 14.2 Å². The van der Waals surface area contributed by atoms with Gasteiger partial charge in [0.1, 0.15) is 6.10 Å². The van der Waals surface area contributed by atoms with E-state index in [-0.39, 0.29) is 12.1 Å². The molecule has 0 heterocycles. The molecular weight excluding hydrogens is 232 g/mol. The lowest BCUT2D eigenvalue weighted by molar-refractivity contribution is -0.146. The molecule has 1 aromatic rings. The van der Waals surface area contributed by atoms with E-state index in [1.165, 1.54) is 6.92 Å². The molecule has 0 amide bonds. The van der Waals surface area contributed by atoms with Gasteiger partial charge in [-0.2, -0.15) is 0 Å². The molecule has 0 fully saturated rings. The van der Waals surface area contributed by atoms with Crippen LogP contribution in [0.5, 0.6) is 11.5 Å². The van der Waals surface area contributed by atoms with Crippen molar-refractivity contribution in [2.24, 2.45) is 0 Å². The number of carbonyl (C=O) groups excluding carboxylic acids is 1. The number of hydrogen-bond acceptors (Lipinski definition) is 4. The Morgan fingerprint density at radius 1 is 1.33 bits per heavy atom. The van der Waals surface area contributed by atoms with Crippen LogP contribution in [0.1, 0.15) is 25.0 Å². The van der Waals surface area contributed by atoms with Gasteiger partial charge < -0.3 is 14.2 Å². The summed E-state index contributed by atoms with van der Waals surface area (Å²) < 4.78 is 15.6. The molecular formula is C14H18O4. The minimum absolute atomic E-state index is 0.323. The molecule has 0 aliphatic carbocycles. The molecule has 1 aromatic carbocycles. The summed E-state index contributed by atoms with van der Waals surface area (Å²) in [6.07, 6.45) is 1.92. The fraction of sp³-hybridized carbons (Fsp3) is 0.357. The fourth-order valence-electron chi connectivity index (χ4n) is 1.66. The Labute approximate surface area is 107 Å². The molecule has 0 N–H and O–H groups in total. The van der Waals surface area contributed by atoms with Crippen molar-refractivity contribution in [1.82, 2.24) is 0 Å². The van der Waals surface area contributed by atoms with Gasteiger partial charge in [0.2, 0.25) is 0 Å². The van der Waals surface area contributed by atoms with E-state index in [9.17, 15) is 4.79 Å². The maximum atomic E-state index is 11.1. The molecule has 1 rings (SSSR count). The van der Waals surface area contributed by atoms with E-state index in [0.717, 1.165) is 5.56 Å². The quantitative estimate of drug-likeness (QED) is 0.575. The number of esters is 1. The van der Waals surface area contributed by atoms with Gasteiger partial charge in [0.15, 0.2) is 11.5 Å². The predicted molar refractivity (Wildman–Crippen MR) is 68.9 cm³/mol. The summed E-state index contributed by atoms with van der Waals surface area (Å²) in [6.45, 7) is 5.05. The van der Waals surface area contributed by atoms with Gasteiger partial charge in [0, 0.05) is 13.3 Å². The molecule has 0 radical (unpaired) electrons. The van der Waals surface area contributed by atoms with E-state index in [0.29, 0.717) is 17.9 Å². The highest BCUT2D eigenvalue weighted by Gasteiger charge is 2.15. The Balaban J connectivity index is 3.04. The fourth-order valence-corrected chi connectivity index (χ4v) is 1.66. The smallest absolute Gasteiger partial charge is 0.303 e. The van der Waals surface area contributed by atoms with E-state index in [1.807, 2.05) is 6.07 Å². The third-order valence-electron chi connectivity index (χ3n) is 2.47. The van der Waals surface area contributed by atoms with Crippen LogP contribution in [0, 0.1) is 0 Å². The van der Waals surface area contributed by atoms with E-state index >= 15 is 0 Å². The summed E-state index contributed by atoms with van der Waals surface area (Å²) in [5, 5.41) is 0. The normalized spacial score (nSPS) is 11.5. The summed E-state index contributed by atoms with van der Waals surface area (Å²) in [4.78, 5) is 11.1. The van der Waals surface area contributed by atoms with Crippen molar-refractivity contribution < 1.29 is 19.0 Å². The van der Waals surface area contributed by atoms with Crippen LogP contribution in [-0.4, -0.2) is 20.2 Å². The van der Waals surface area contributed by atoms with Crippen LogP contribution in [0.3, 0.4) is 0 Å². The minimum Gasteiger partial charge on any atom is -0.493 e. The molecule has 1 atom stereocenters. The van der Waals surface area contributed by atoms with Gasteiger partial charge in [-0.3, -0.25) is 4.79 Å². The number of methoxy groups -OCH3 is 2. The Hall–Kier alpha value is -1.97. The SMILES string of the molecule is C=CC[C@H](OC(C)=O)c1ccc(OC)c(OC)c1. The lowest BCUT2D eigenvalue weighted by atomic mass is 10.1. The van der Waals surface area contributed by atoms with Crippen LogP contribution in [-0.2, 0) is 9.53 Å². The van der Waals surface area contributed by atoms with Crippen molar-refractivity contribution in [3.05, 3.63) is 36.4 Å². The van der Waals surface area contributed by atoms with E-state index in [2.05, 4.69) is 6.58 Å². The van der Waals surface area contributed by atoms with Crippen LogP contribution in [0.4, 0.5) is 0 Å². The first kappa shape index (κ1) is 14.1. The first-order chi connectivity index (χ1) is 8.62. The molecule has 18 heavy (non-hydrogen) atoms. The zero-order chi connectivity index (χ0) is 13.5. The summed E-state index contributed by atoms with van der Waals surface area (Å²) >= 11 is 0. The molecule has 4 heteroatoms. The van der Waals surface area contributed by atoms with Crippen LogP contribution in [0.25, 0.3) is 0 Å². The number of rotatable bonds is 6. The van der Waals surface area contributed by atoms with E-state index < -0.39 is 0 Å². The average Bonchev–Trinajstić information content (AvgIpc) is 2.37. The molecule has 0 aromatic heterocycles. The third-order valence-corrected chi connectivity index (χ3v) is 2.47. The molecule has 0 saturated carbocycles. The molecule has 0 bridgehead atoms. The maximum absolute atomic E-state index is 11.1.